The summed E-state index contributed by atoms with van der Waals surface area (Å²) in [5, 5.41) is 2.56. The maximum absolute atomic E-state index is 10.8. The van der Waals surface area contributed by atoms with Gasteiger partial charge in [-0.25, -0.2) is 9.97 Å². The molecule has 0 aromatic carbocycles. The minimum atomic E-state index is -0.192. The first kappa shape index (κ1) is 7.02. The molecule has 0 atom stereocenters. The van der Waals surface area contributed by atoms with E-state index in [0.29, 0.717) is 11.7 Å². The zero-order valence-electron chi connectivity index (χ0n) is 6.50. The summed E-state index contributed by atoms with van der Waals surface area (Å²) in [4.78, 5) is 18.8. The van der Waals surface area contributed by atoms with Crippen LogP contribution in [0, 0.1) is 6.92 Å². The van der Waals surface area contributed by atoms with Crippen LogP contribution in [-0.2, 0) is 4.79 Å². The Bertz CT molecular complexity index is 337. The molecule has 0 radical (unpaired) electrons. The molecule has 1 aliphatic heterocycles. The first-order valence-corrected chi connectivity index (χ1v) is 3.52. The number of carbonyl (C=O) groups excluding carboxylic acids is 1. The SMILES string of the molecule is Cc1cnc2c(n1)NC(=O)CO2. The number of hydrogen-bond acceptors (Lipinski definition) is 4. The quantitative estimate of drug-likeness (QED) is 0.592. The standard InChI is InChI=1S/C7H7N3O2/c1-4-2-8-7-6(9-4)10-5(11)3-12-7/h2H,3H2,1H3,(H,9,10,11). The maximum Gasteiger partial charge on any atom is 0.263 e. The molecule has 2 rings (SSSR count). The third-order valence-electron chi connectivity index (χ3n) is 1.46. The van der Waals surface area contributed by atoms with Gasteiger partial charge in [0.1, 0.15) is 0 Å². The first-order chi connectivity index (χ1) is 5.75. The molecule has 5 heteroatoms. The van der Waals surface area contributed by atoms with Crippen LogP contribution in [0.2, 0.25) is 0 Å². The van der Waals surface area contributed by atoms with Gasteiger partial charge in [0, 0.05) is 0 Å². The van der Waals surface area contributed by atoms with E-state index in [1.54, 1.807) is 13.1 Å². The van der Waals surface area contributed by atoms with Gasteiger partial charge in [0.25, 0.3) is 11.8 Å². The molecule has 1 amide bonds. The van der Waals surface area contributed by atoms with Gasteiger partial charge < -0.3 is 10.1 Å². The molecular formula is C7H7N3O2. The van der Waals surface area contributed by atoms with Crippen LogP contribution in [0.1, 0.15) is 5.69 Å². The van der Waals surface area contributed by atoms with Crippen molar-refractivity contribution in [2.75, 3.05) is 11.9 Å². The first-order valence-electron chi connectivity index (χ1n) is 3.52. The Morgan fingerprint density at radius 2 is 2.50 bits per heavy atom. The summed E-state index contributed by atoms with van der Waals surface area (Å²) in [6, 6.07) is 0. The van der Waals surface area contributed by atoms with E-state index in [-0.39, 0.29) is 12.5 Å². The van der Waals surface area contributed by atoms with Crippen molar-refractivity contribution in [2.24, 2.45) is 0 Å². The molecule has 2 heterocycles. The monoisotopic (exact) mass is 165 g/mol. The van der Waals surface area contributed by atoms with Crippen LogP contribution in [0.5, 0.6) is 5.88 Å². The summed E-state index contributed by atoms with van der Waals surface area (Å²) in [5.74, 6) is 0.605. The third-order valence-corrected chi connectivity index (χ3v) is 1.46. The molecule has 1 N–H and O–H groups in total. The van der Waals surface area contributed by atoms with Crippen LogP contribution in [0.4, 0.5) is 5.82 Å². The molecule has 0 unspecified atom stereocenters. The smallest absolute Gasteiger partial charge is 0.263 e. The molecule has 1 aromatic rings. The van der Waals surface area contributed by atoms with Gasteiger partial charge in [-0.2, -0.15) is 0 Å². The lowest BCUT2D eigenvalue weighted by Crippen LogP contribution is -2.26. The summed E-state index contributed by atoms with van der Waals surface area (Å²) in [7, 11) is 0. The van der Waals surface area contributed by atoms with E-state index >= 15 is 0 Å². The number of aryl methyl sites for hydroxylation is 1. The Balaban J connectivity index is 2.44. The highest BCUT2D eigenvalue weighted by Gasteiger charge is 2.17. The topological polar surface area (TPSA) is 64.1 Å². The fourth-order valence-corrected chi connectivity index (χ4v) is 0.955. The molecule has 0 fully saturated rings. The third kappa shape index (κ3) is 1.09. The highest BCUT2D eigenvalue weighted by Crippen LogP contribution is 2.21. The molecule has 0 aliphatic carbocycles. The second kappa shape index (κ2) is 2.44. The summed E-state index contributed by atoms with van der Waals surface area (Å²) >= 11 is 0. The van der Waals surface area contributed by atoms with E-state index in [1.807, 2.05) is 0 Å². The van der Waals surface area contributed by atoms with E-state index < -0.39 is 0 Å². The molecule has 5 nitrogen and oxygen atoms in total. The normalized spacial score (nSPS) is 14.6. The number of nitrogens with zero attached hydrogens (tertiary/aromatic N) is 2. The largest absolute Gasteiger partial charge is 0.465 e. The zero-order valence-corrected chi connectivity index (χ0v) is 6.50. The van der Waals surface area contributed by atoms with Crippen molar-refractivity contribution < 1.29 is 9.53 Å². The number of rotatable bonds is 0. The number of ether oxygens (including phenoxy) is 1. The Morgan fingerprint density at radius 1 is 1.67 bits per heavy atom. The van der Waals surface area contributed by atoms with Gasteiger partial charge in [-0.05, 0) is 6.92 Å². The van der Waals surface area contributed by atoms with E-state index in [2.05, 4.69) is 15.3 Å². The Morgan fingerprint density at radius 3 is 3.33 bits per heavy atom. The molecule has 62 valence electrons. The van der Waals surface area contributed by atoms with Crippen molar-refractivity contribution >= 4 is 11.7 Å². The Hall–Kier alpha value is -1.65. The highest BCUT2D eigenvalue weighted by molar-refractivity contribution is 5.93. The molecule has 12 heavy (non-hydrogen) atoms. The lowest BCUT2D eigenvalue weighted by molar-refractivity contribution is -0.118. The lowest BCUT2D eigenvalue weighted by Gasteiger charge is -2.15. The molecule has 1 aliphatic rings. The summed E-state index contributed by atoms with van der Waals surface area (Å²) in [6.45, 7) is 1.82. The number of aromatic nitrogens is 2. The molecule has 1 aromatic heterocycles. The fraction of sp³-hybridized carbons (Fsp3) is 0.286. The van der Waals surface area contributed by atoms with Crippen molar-refractivity contribution in [3.63, 3.8) is 0 Å². The summed E-state index contributed by atoms with van der Waals surface area (Å²) < 4.78 is 5.01. The number of amides is 1. The number of anilines is 1. The molecule has 0 spiro atoms. The van der Waals surface area contributed by atoms with Gasteiger partial charge in [-0.3, -0.25) is 4.79 Å². The Labute approximate surface area is 68.8 Å². The van der Waals surface area contributed by atoms with E-state index in [9.17, 15) is 4.79 Å². The van der Waals surface area contributed by atoms with Crippen LogP contribution in [-0.4, -0.2) is 22.5 Å². The van der Waals surface area contributed by atoms with Crippen LogP contribution in [0.25, 0.3) is 0 Å². The van der Waals surface area contributed by atoms with Crippen LogP contribution >= 0.6 is 0 Å². The number of fused-ring (bicyclic) bond motifs is 1. The minimum absolute atomic E-state index is 0.0186. The van der Waals surface area contributed by atoms with E-state index in [0.717, 1.165) is 5.69 Å². The van der Waals surface area contributed by atoms with Crippen LogP contribution < -0.4 is 10.1 Å². The second-order valence-corrected chi connectivity index (χ2v) is 2.50. The fourth-order valence-electron chi connectivity index (χ4n) is 0.955. The predicted octanol–water partition coefficient (Wildman–Crippen LogP) is 0.116. The van der Waals surface area contributed by atoms with Crippen molar-refractivity contribution in [3.8, 4) is 5.88 Å². The minimum Gasteiger partial charge on any atom is -0.465 e. The summed E-state index contributed by atoms with van der Waals surface area (Å²) in [6.07, 6.45) is 1.59. The Kier molecular flexibility index (Phi) is 1.43. The van der Waals surface area contributed by atoms with E-state index in [1.165, 1.54) is 0 Å². The highest BCUT2D eigenvalue weighted by atomic mass is 16.5. The number of carbonyl (C=O) groups is 1. The maximum atomic E-state index is 10.8. The molecule has 0 bridgehead atoms. The van der Waals surface area contributed by atoms with Gasteiger partial charge in [0.15, 0.2) is 12.4 Å². The predicted molar refractivity (Wildman–Crippen MR) is 40.9 cm³/mol. The van der Waals surface area contributed by atoms with Crippen molar-refractivity contribution in [3.05, 3.63) is 11.9 Å². The van der Waals surface area contributed by atoms with Gasteiger partial charge >= 0.3 is 0 Å². The van der Waals surface area contributed by atoms with Crippen LogP contribution in [0.3, 0.4) is 0 Å². The molecule has 0 saturated carbocycles. The van der Waals surface area contributed by atoms with E-state index in [4.69, 9.17) is 4.74 Å². The number of hydrogen-bond donors (Lipinski definition) is 1. The zero-order chi connectivity index (χ0) is 8.55. The second-order valence-electron chi connectivity index (χ2n) is 2.50. The molecular weight excluding hydrogens is 158 g/mol. The molecule has 0 saturated heterocycles. The van der Waals surface area contributed by atoms with Gasteiger partial charge in [0.05, 0.1) is 11.9 Å². The van der Waals surface area contributed by atoms with Gasteiger partial charge in [0.2, 0.25) is 0 Å². The summed E-state index contributed by atoms with van der Waals surface area (Å²) in [5.41, 5.74) is 0.750. The van der Waals surface area contributed by atoms with Crippen molar-refractivity contribution in [2.45, 2.75) is 6.92 Å². The average molecular weight is 165 g/mol. The van der Waals surface area contributed by atoms with Gasteiger partial charge in [-0.1, -0.05) is 0 Å². The van der Waals surface area contributed by atoms with Gasteiger partial charge in [-0.15, -0.1) is 0 Å². The average Bonchev–Trinajstić information content (AvgIpc) is 2.03. The number of nitrogens with one attached hydrogen (secondary N) is 1. The lowest BCUT2D eigenvalue weighted by atomic mass is 10.4. The van der Waals surface area contributed by atoms with Crippen molar-refractivity contribution in [1.82, 2.24) is 9.97 Å². The van der Waals surface area contributed by atoms with Crippen molar-refractivity contribution in [1.29, 1.82) is 0 Å². The van der Waals surface area contributed by atoms with Crippen LogP contribution in [0.15, 0.2) is 6.20 Å².